The summed E-state index contributed by atoms with van der Waals surface area (Å²) in [6.07, 6.45) is 71.4. The molecule has 6 nitrogen and oxygen atoms in total. The lowest BCUT2D eigenvalue weighted by Crippen LogP contribution is -2.45. The van der Waals surface area contributed by atoms with Gasteiger partial charge >= 0.3 is 5.97 Å². The van der Waals surface area contributed by atoms with Crippen molar-refractivity contribution in [2.24, 2.45) is 0 Å². The molecule has 2 unspecified atom stereocenters. The molecule has 0 aromatic carbocycles. The predicted octanol–water partition coefficient (Wildman–Crippen LogP) is 18.2. The van der Waals surface area contributed by atoms with Crippen LogP contribution in [0, 0.1) is 0 Å². The smallest absolute Gasteiger partial charge is 0.305 e. The van der Waals surface area contributed by atoms with Crippen LogP contribution in [0.2, 0.25) is 0 Å². The van der Waals surface area contributed by atoms with Crippen molar-refractivity contribution in [2.45, 2.75) is 315 Å². The molecule has 0 aromatic heterocycles. The van der Waals surface area contributed by atoms with Crippen molar-refractivity contribution in [3.05, 3.63) is 48.6 Å². The van der Waals surface area contributed by atoms with Gasteiger partial charge in [-0.15, -0.1) is 0 Å². The average Bonchev–Trinajstić information content (AvgIpc) is 3.33. The molecule has 6 heteroatoms. The SMILES string of the molecule is CCCCCCCC/C=C\CCCCCCCC(=O)OCCCCCCCCCCC/C=C\C/C=C\CCCCCCCCCC(=O)NC(CO)C(O)/C=C/CCCCCCCCCCCC. The first kappa shape index (κ1) is 64.8. The minimum absolute atomic E-state index is 0.00199. The molecule has 0 rings (SSSR count). The van der Waals surface area contributed by atoms with Gasteiger partial charge in [-0.2, -0.15) is 0 Å². The van der Waals surface area contributed by atoms with Gasteiger partial charge in [0.2, 0.25) is 5.91 Å². The van der Waals surface area contributed by atoms with Crippen molar-refractivity contribution in [3.8, 4) is 0 Å². The fourth-order valence-corrected chi connectivity index (χ4v) is 8.78. The summed E-state index contributed by atoms with van der Waals surface area (Å²) in [4.78, 5) is 24.5. The van der Waals surface area contributed by atoms with E-state index < -0.39 is 12.1 Å². The Balaban J connectivity index is 3.47. The largest absolute Gasteiger partial charge is 0.466 e. The monoisotopic (exact) mass is 940 g/mol. The number of allylic oxidation sites excluding steroid dienone is 7. The lowest BCUT2D eigenvalue weighted by Gasteiger charge is -2.20. The lowest BCUT2D eigenvalue weighted by molar-refractivity contribution is -0.143. The molecule has 3 N–H and O–H groups in total. The Morgan fingerprint density at radius 2 is 0.746 bits per heavy atom. The van der Waals surface area contributed by atoms with E-state index in [9.17, 15) is 19.8 Å². The van der Waals surface area contributed by atoms with Crippen LogP contribution in [0.15, 0.2) is 48.6 Å². The molecule has 0 radical (unpaired) electrons. The number of ether oxygens (including phenoxy) is 1. The van der Waals surface area contributed by atoms with Gasteiger partial charge in [0.05, 0.1) is 25.4 Å². The van der Waals surface area contributed by atoms with E-state index in [4.69, 9.17) is 4.74 Å². The molecule has 2 atom stereocenters. The highest BCUT2D eigenvalue weighted by Crippen LogP contribution is 2.15. The van der Waals surface area contributed by atoms with E-state index in [2.05, 4.69) is 55.6 Å². The zero-order valence-electron chi connectivity index (χ0n) is 44.6. The van der Waals surface area contributed by atoms with Gasteiger partial charge in [0, 0.05) is 12.8 Å². The number of unbranched alkanes of at least 4 members (excludes halogenated alkanes) is 37. The molecule has 0 aliphatic heterocycles. The van der Waals surface area contributed by atoms with Gasteiger partial charge < -0.3 is 20.3 Å². The summed E-state index contributed by atoms with van der Waals surface area (Å²) >= 11 is 0. The summed E-state index contributed by atoms with van der Waals surface area (Å²) in [7, 11) is 0. The van der Waals surface area contributed by atoms with Crippen molar-refractivity contribution in [1.29, 1.82) is 0 Å². The quantitative estimate of drug-likeness (QED) is 0.0321. The van der Waals surface area contributed by atoms with Crippen molar-refractivity contribution in [1.82, 2.24) is 5.32 Å². The second-order valence-electron chi connectivity index (χ2n) is 20.0. The zero-order chi connectivity index (χ0) is 48.6. The Morgan fingerprint density at radius 1 is 0.418 bits per heavy atom. The molecule has 67 heavy (non-hydrogen) atoms. The first-order valence-corrected chi connectivity index (χ1v) is 29.4. The third-order valence-electron chi connectivity index (χ3n) is 13.3. The molecule has 0 saturated heterocycles. The topological polar surface area (TPSA) is 95.9 Å². The number of hydrogen-bond acceptors (Lipinski definition) is 5. The molecule has 0 aliphatic carbocycles. The van der Waals surface area contributed by atoms with E-state index in [1.807, 2.05) is 6.08 Å². The second kappa shape index (κ2) is 56.4. The first-order chi connectivity index (χ1) is 33.0. The predicted molar refractivity (Wildman–Crippen MR) is 292 cm³/mol. The van der Waals surface area contributed by atoms with Crippen molar-refractivity contribution >= 4 is 11.9 Å². The molecule has 1 amide bonds. The van der Waals surface area contributed by atoms with Crippen molar-refractivity contribution in [2.75, 3.05) is 13.2 Å². The maximum Gasteiger partial charge on any atom is 0.305 e. The summed E-state index contributed by atoms with van der Waals surface area (Å²) in [6.45, 7) is 4.88. The second-order valence-corrected chi connectivity index (χ2v) is 20.0. The summed E-state index contributed by atoms with van der Waals surface area (Å²) in [6, 6.07) is -0.635. The van der Waals surface area contributed by atoms with E-state index in [0.29, 0.717) is 19.4 Å². The van der Waals surface area contributed by atoms with Crippen LogP contribution in [0.3, 0.4) is 0 Å². The van der Waals surface area contributed by atoms with Gasteiger partial charge in [-0.05, 0) is 89.9 Å². The van der Waals surface area contributed by atoms with E-state index in [-0.39, 0.29) is 18.5 Å². The van der Waals surface area contributed by atoms with E-state index >= 15 is 0 Å². The van der Waals surface area contributed by atoms with Gasteiger partial charge in [-0.25, -0.2) is 0 Å². The Labute approximate surface area is 416 Å². The third-order valence-corrected chi connectivity index (χ3v) is 13.3. The standard InChI is InChI=1S/C61H113NO5/c1-3-5-7-9-11-13-15-17-27-31-35-39-43-47-51-55-61(66)67-56-52-48-44-40-36-32-29-26-24-22-20-18-19-21-23-25-28-30-34-38-42-46-50-54-60(65)62-58(57-63)59(64)53-49-45-41-37-33-16-14-12-10-8-6-4-2/h17-18,20-21,23,27,49,53,58-59,63-64H,3-16,19,22,24-26,28-48,50-52,54-57H2,1-2H3,(H,62,65)/b20-18-,23-21-,27-17-,53-49+. The van der Waals surface area contributed by atoms with Crippen LogP contribution in [0.4, 0.5) is 0 Å². The number of amides is 1. The van der Waals surface area contributed by atoms with Crippen molar-refractivity contribution in [3.63, 3.8) is 0 Å². The van der Waals surface area contributed by atoms with Gasteiger partial charge in [-0.3, -0.25) is 9.59 Å². The Morgan fingerprint density at radius 3 is 1.15 bits per heavy atom. The van der Waals surface area contributed by atoms with E-state index in [0.717, 1.165) is 64.2 Å². The van der Waals surface area contributed by atoms with E-state index in [1.54, 1.807) is 6.08 Å². The molecule has 392 valence electrons. The summed E-state index contributed by atoms with van der Waals surface area (Å²) in [5, 5.41) is 23.0. The van der Waals surface area contributed by atoms with Crippen LogP contribution < -0.4 is 5.32 Å². The van der Waals surface area contributed by atoms with Gasteiger partial charge in [-0.1, -0.05) is 249 Å². The maximum atomic E-state index is 12.4. The van der Waals surface area contributed by atoms with Crippen LogP contribution >= 0.6 is 0 Å². The molecular formula is C61H113NO5. The molecule has 0 saturated carbocycles. The number of hydrogen-bond donors (Lipinski definition) is 3. The van der Waals surface area contributed by atoms with Gasteiger partial charge in [0.1, 0.15) is 0 Å². The maximum absolute atomic E-state index is 12.4. The van der Waals surface area contributed by atoms with Crippen LogP contribution in [-0.4, -0.2) is 47.4 Å². The van der Waals surface area contributed by atoms with Gasteiger partial charge in [0.15, 0.2) is 0 Å². The number of aliphatic hydroxyl groups excluding tert-OH is 2. The lowest BCUT2D eigenvalue weighted by atomic mass is 10.1. The third kappa shape index (κ3) is 53.0. The molecule has 0 spiro atoms. The summed E-state index contributed by atoms with van der Waals surface area (Å²) in [5.41, 5.74) is 0. The first-order valence-electron chi connectivity index (χ1n) is 29.4. The van der Waals surface area contributed by atoms with Crippen molar-refractivity contribution < 1.29 is 24.5 Å². The van der Waals surface area contributed by atoms with Crippen LogP contribution in [0.25, 0.3) is 0 Å². The fourth-order valence-electron chi connectivity index (χ4n) is 8.78. The highest BCUT2D eigenvalue weighted by Gasteiger charge is 2.18. The summed E-state index contributed by atoms with van der Waals surface area (Å²) < 4.78 is 5.47. The number of aliphatic hydroxyl groups is 2. The molecule has 0 aromatic rings. The normalized spacial score (nSPS) is 13.0. The number of rotatable bonds is 54. The molecular weight excluding hydrogens is 827 g/mol. The average molecular weight is 941 g/mol. The van der Waals surface area contributed by atoms with Crippen LogP contribution in [-0.2, 0) is 14.3 Å². The Bertz CT molecular complexity index is 1130. The molecule has 0 heterocycles. The molecule has 0 aliphatic rings. The Kier molecular flexibility index (Phi) is 54.6. The Hall–Kier alpha value is -2.18. The van der Waals surface area contributed by atoms with E-state index in [1.165, 1.54) is 212 Å². The fraction of sp³-hybridized carbons (Fsp3) is 0.836. The van der Waals surface area contributed by atoms with Crippen LogP contribution in [0.5, 0.6) is 0 Å². The number of carbonyl (C=O) groups is 2. The highest BCUT2D eigenvalue weighted by molar-refractivity contribution is 5.76. The number of carbonyl (C=O) groups excluding carboxylic acids is 2. The van der Waals surface area contributed by atoms with Gasteiger partial charge in [0.25, 0.3) is 0 Å². The molecule has 0 bridgehead atoms. The number of esters is 1. The van der Waals surface area contributed by atoms with Crippen LogP contribution in [0.1, 0.15) is 303 Å². The minimum atomic E-state index is -0.850. The molecule has 0 fully saturated rings. The highest BCUT2D eigenvalue weighted by atomic mass is 16.5. The zero-order valence-corrected chi connectivity index (χ0v) is 44.6. The minimum Gasteiger partial charge on any atom is -0.466 e. The summed E-state index contributed by atoms with van der Waals surface area (Å²) in [5.74, 6) is -0.0818. The number of nitrogens with one attached hydrogen (secondary N) is 1.